The number of hydrogen-bond acceptors (Lipinski definition) is 4. The Balaban J connectivity index is 1.49. The Hall–Kier alpha value is -2.79. The number of allylic oxidation sites excluding steroid dienone is 2. The van der Waals surface area contributed by atoms with Crippen molar-refractivity contribution in [3.63, 3.8) is 0 Å². The molecule has 0 spiro atoms. The first-order valence-electron chi connectivity index (χ1n) is 9.24. The molecule has 0 amide bonds. The van der Waals surface area contributed by atoms with Crippen molar-refractivity contribution in [3.05, 3.63) is 77.6 Å². The Labute approximate surface area is 152 Å². The van der Waals surface area contributed by atoms with Gasteiger partial charge >= 0.3 is 0 Å². The largest absolute Gasteiger partial charge is 0.306 e. The van der Waals surface area contributed by atoms with Crippen molar-refractivity contribution >= 4 is 5.57 Å². The van der Waals surface area contributed by atoms with E-state index in [2.05, 4.69) is 67.5 Å². The number of para-hydroxylation sites is 1. The molecule has 1 aromatic carbocycles. The van der Waals surface area contributed by atoms with E-state index in [9.17, 15) is 0 Å². The van der Waals surface area contributed by atoms with Crippen molar-refractivity contribution in [2.45, 2.75) is 38.3 Å². The number of hydrogen-bond donors (Lipinski definition) is 1. The summed E-state index contributed by atoms with van der Waals surface area (Å²) in [4.78, 5) is 4.49. The Bertz CT molecular complexity index is 958. The minimum Gasteiger partial charge on any atom is -0.306 e. The van der Waals surface area contributed by atoms with E-state index >= 15 is 0 Å². The molecule has 26 heavy (non-hydrogen) atoms. The van der Waals surface area contributed by atoms with Crippen molar-refractivity contribution in [2.75, 3.05) is 0 Å². The van der Waals surface area contributed by atoms with Crippen molar-refractivity contribution in [1.29, 1.82) is 0 Å². The number of fused-ring (bicyclic) bond motifs is 3. The average Bonchev–Trinajstić information content (AvgIpc) is 3.04. The summed E-state index contributed by atoms with van der Waals surface area (Å²) in [6, 6.07) is 14.7. The van der Waals surface area contributed by atoms with Gasteiger partial charge in [-0.25, -0.2) is 0 Å². The maximum atomic E-state index is 4.59. The second-order valence-electron chi connectivity index (χ2n) is 6.96. The molecule has 0 radical (unpaired) electrons. The van der Waals surface area contributed by atoms with Gasteiger partial charge in [-0.2, -0.15) is 0 Å². The predicted molar refractivity (Wildman–Crippen MR) is 101 cm³/mol. The van der Waals surface area contributed by atoms with E-state index in [4.69, 9.17) is 0 Å². The lowest BCUT2D eigenvalue weighted by atomic mass is 9.87. The van der Waals surface area contributed by atoms with Crippen LogP contribution in [-0.4, -0.2) is 19.7 Å². The molecule has 1 aliphatic carbocycles. The Kier molecular flexibility index (Phi) is 3.87. The van der Waals surface area contributed by atoms with Gasteiger partial charge in [0, 0.05) is 18.7 Å². The summed E-state index contributed by atoms with van der Waals surface area (Å²) < 4.78 is 2.28. The quantitative estimate of drug-likeness (QED) is 0.772. The molecule has 0 saturated carbocycles. The molecule has 1 aliphatic heterocycles. The molecule has 1 atom stereocenters. The number of benzene rings is 1. The van der Waals surface area contributed by atoms with Gasteiger partial charge in [-0.15, -0.1) is 10.2 Å². The molecular formula is C21H21N5. The van der Waals surface area contributed by atoms with Crippen LogP contribution in [0.5, 0.6) is 0 Å². The maximum absolute atomic E-state index is 4.59. The molecule has 130 valence electrons. The molecular weight excluding hydrogens is 322 g/mol. The van der Waals surface area contributed by atoms with E-state index in [-0.39, 0.29) is 0 Å². The molecule has 5 heteroatoms. The van der Waals surface area contributed by atoms with E-state index in [1.807, 2.05) is 12.3 Å². The van der Waals surface area contributed by atoms with Gasteiger partial charge in [0.1, 0.15) is 5.82 Å². The minimum atomic E-state index is 0.398. The van der Waals surface area contributed by atoms with E-state index in [1.54, 1.807) is 0 Å². The van der Waals surface area contributed by atoms with Crippen LogP contribution < -0.4 is 5.32 Å². The molecule has 0 fully saturated rings. The summed E-state index contributed by atoms with van der Waals surface area (Å²) in [5.41, 5.74) is 4.96. The third-order valence-corrected chi connectivity index (χ3v) is 5.36. The highest BCUT2D eigenvalue weighted by Gasteiger charge is 2.26. The van der Waals surface area contributed by atoms with Gasteiger partial charge in [-0.3, -0.25) is 9.55 Å². The zero-order valence-electron chi connectivity index (χ0n) is 14.6. The van der Waals surface area contributed by atoms with Gasteiger partial charge in [0.2, 0.25) is 0 Å². The van der Waals surface area contributed by atoms with Gasteiger partial charge in [-0.1, -0.05) is 30.3 Å². The van der Waals surface area contributed by atoms with Crippen molar-refractivity contribution < 1.29 is 0 Å². The molecule has 3 aromatic rings. The van der Waals surface area contributed by atoms with Gasteiger partial charge < -0.3 is 5.32 Å². The van der Waals surface area contributed by atoms with Crippen molar-refractivity contribution in [1.82, 2.24) is 25.1 Å². The molecule has 2 aliphatic rings. The molecule has 5 nitrogen and oxygen atoms in total. The van der Waals surface area contributed by atoms with Gasteiger partial charge in [-0.05, 0) is 48.6 Å². The second kappa shape index (κ2) is 6.50. The summed E-state index contributed by atoms with van der Waals surface area (Å²) in [6.45, 7) is 1.62. The van der Waals surface area contributed by atoms with Crippen LogP contribution in [0, 0.1) is 0 Å². The standard InChI is InChI=1S/C21H21N5/c1-2-7-19-17(5-1)13-22-14-20-24-25-21(26(19)20)16-10-8-15(9-11-16)18-6-3-4-12-23-18/h1-8,12,16,22H,9-11,13-14H2. The highest BCUT2D eigenvalue weighted by molar-refractivity contribution is 5.63. The molecule has 0 saturated heterocycles. The highest BCUT2D eigenvalue weighted by atomic mass is 15.3. The Morgan fingerprint density at radius 1 is 1.00 bits per heavy atom. The van der Waals surface area contributed by atoms with Crippen LogP contribution in [0.4, 0.5) is 0 Å². The zero-order chi connectivity index (χ0) is 17.3. The smallest absolute Gasteiger partial charge is 0.151 e. The van der Waals surface area contributed by atoms with Gasteiger partial charge in [0.05, 0.1) is 17.9 Å². The lowest BCUT2D eigenvalue weighted by Crippen LogP contribution is -2.13. The summed E-state index contributed by atoms with van der Waals surface area (Å²) in [5, 5.41) is 12.5. The van der Waals surface area contributed by atoms with Crippen LogP contribution in [0.3, 0.4) is 0 Å². The zero-order valence-corrected chi connectivity index (χ0v) is 14.6. The fourth-order valence-electron chi connectivity index (χ4n) is 4.01. The third-order valence-electron chi connectivity index (χ3n) is 5.36. The number of nitrogens with one attached hydrogen (secondary N) is 1. The first-order valence-corrected chi connectivity index (χ1v) is 9.24. The average molecular weight is 343 g/mol. The molecule has 0 bridgehead atoms. The number of rotatable bonds is 2. The molecule has 2 aromatic heterocycles. The van der Waals surface area contributed by atoms with Crippen LogP contribution in [-0.2, 0) is 13.1 Å². The van der Waals surface area contributed by atoms with Crippen molar-refractivity contribution in [3.8, 4) is 5.69 Å². The summed E-state index contributed by atoms with van der Waals surface area (Å²) in [7, 11) is 0. The van der Waals surface area contributed by atoms with Gasteiger partial charge in [0.15, 0.2) is 5.82 Å². The maximum Gasteiger partial charge on any atom is 0.151 e. The third kappa shape index (κ3) is 2.65. The molecule has 1 N–H and O–H groups in total. The summed E-state index contributed by atoms with van der Waals surface area (Å²) >= 11 is 0. The van der Waals surface area contributed by atoms with E-state index in [0.29, 0.717) is 5.92 Å². The van der Waals surface area contributed by atoms with E-state index in [1.165, 1.54) is 16.8 Å². The number of nitrogens with zero attached hydrogens (tertiary/aromatic N) is 4. The Morgan fingerprint density at radius 3 is 2.77 bits per heavy atom. The first-order chi connectivity index (χ1) is 12.9. The Morgan fingerprint density at radius 2 is 1.92 bits per heavy atom. The van der Waals surface area contributed by atoms with Crippen LogP contribution in [0.2, 0.25) is 0 Å². The number of aromatic nitrogens is 4. The van der Waals surface area contributed by atoms with Crippen LogP contribution >= 0.6 is 0 Å². The van der Waals surface area contributed by atoms with Gasteiger partial charge in [0.25, 0.3) is 0 Å². The highest BCUT2D eigenvalue weighted by Crippen LogP contribution is 2.36. The second-order valence-corrected chi connectivity index (χ2v) is 6.96. The van der Waals surface area contributed by atoms with Crippen LogP contribution in [0.1, 0.15) is 48.1 Å². The molecule has 1 unspecified atom stereocenters. The normalized spacial score (nSPS) is 19.2. The summed E-state index contributed by atoms with van der Waals surface area (Å²) in [6.07, 6.45) is 7.29. The van der Waals surface area contributed by atoms with E-state index in [0.717, 1.165) is 49.7 Å². The monoisotopic (exact) mass is 343 g/mol. The first kappa shape index (κ1) is 15.5. The SMILES string of the molecule is C1=C(c2ccccn2)CCC(c2nnc3n2-c2ccccc2CNC3)C1. The van der Waals surface area contributed by atoms with E-state index < -0.39 is 0 Å². The van der Waals surface area contributed by atoms with Crippen molar-refractivity contribution in [2.24, 2.45) is 0 Å². The van der Waals surface area contributed by atoms with Crippen LogP contribution in [0.15, 0.2) is 54.7 Å². The topological polar surface area (TPSA) is 55.6 Å². The fourth-order valence-corrected chi connectivity index (χ4v) is 4.01. The molecule has 3 heterocycles. The predicted octanol–water partition coefficient (Wildman–Crippen LogP) is 3.62. The minimum absolute atomic E-state index is 0.398. The lowest BCUT2D eigenvalue weighted by molar-refractivity contribution is 0.576. The number of pyridine rings is 1. The summed E-state index contributed by atoms with van der Waals surface area (Å²) in [5.74, 6) is 2.49. The molecule has 5 rings (SSSR count). The van der Waals surface area contributed by atoms with Crippen LogP contribution in [0.25, 0.3) is 11.3 Å². The fraction of sp³-hybridized carbons (Fsp3) is 0.286. The lowest BCUT2D eigenvalue weighted by Gasteiger charge is -2.22.